The fourth-order valence-electron chi connectivity index (χ4n) is 5.42. The smallest absolute Gasteiger partial charge is 0.0571 e. The van der Waals surface area contributed by atoms with Crippen LogP contribution in [-0.2, 0) is 0 Å². The summed E-state index contributed by atoms with van der Waals surface area (Å²) in [6.45, 7) is 0. The summed E-state index contributed by atoms with van der Waals surface area (Å²) in [4.78, 5) is 4.37. The Hall–Kier alpha value is -3.65. The van der Waals surface area contributed by atoms with E-state index in [1.165, 1.54) is 49.8 Å². The summed E-state index contributed by atoms with van der Waals surface area (Å²) in [7, 11) is 0. The molecule has 2 atom stereocenters. The molecule has 0 saturated heterocycles. The summed E-state index contributed by atoms with van der Waals surface area (Å²) < 4.78 is 2.37. The Kier molecular flexibility index (Phi) is 2.87. The van der Waals surface area contributed by atoms with Gasteiger partial charge in [0, 0.05) is 40.7 Å². The molecule has 4 aromatic rings. The first kappa shape index (κ1) is 15.3. The summed E-state index contributed by atoms with van der Waals surface area (Å²) in [5, 5.41) is 2.45. The van der Waals surface area contributed by atoms with Gasteiger partial charge in [0.05, 0.1) is 11.0 Å². The van der Waals surface area contributed by atoms with Crippen molar-refractivity contribution in [2.45, 2.75) is 0 Å². The second-order valence-electron chi connectivity index (χ2n) is 8.04. The zero-order valence-electron chi connectivity index (χ0n) is 15.8. The zero-order chi connectivity index (χ0) is 18.9. The molecule has 2 unspecified atom stereocenters. The van der Waals surface area contributed by atoms with Gasteiger partial charge in [0.1, 0.15) is 0 Å². The fourth-order valence-corrected chi connectivity index (χ4v) is 5.42. The second-order valence-corrected chi connectivity index (χ2v) is 8.04. The van der Waals surface area contributed by atoms with Crippen LogP contribution in [-0.4, -0.2) is 9.55 Å². The van der Waals surface area contributed by atoms with E-state index < -0.39 is 0 Å². The summed E-state index contributed by atoms with van der Waals surface area (Å²) in [6, 6.07) is 17.7. The summed E-state index contributed by atoms with van der Waals surface area (Å²) in [5.41, 5.74) is 9.30. The lowest BCUT2D eigenvalue weighted by Crippen LogP contribution is -2.13. The highest BCUT2D eigenvalue weighted by atomic mass is 15.0. The molecule has 0 fully saturated rings. The average molecular weight is 370 g/mol. The molecule has 0 radical (unpaired) electrons. The summed E-state index contributed by atoms with van der Waals surface area (Å²) in [6.07, 6.45) is 17.5. The van der Waals surface area contributed by atoms with Crippen LogP contribution in [0.5, 0.6) is 0 Å². The molecule has 0 saturated carbocycles. The van der Waals surface area contributed by atoms with E-state index in [0.717, 1.165) is 0 Å². The van der Waals surface area contributed by atoms with E-state index in [0.29, 0.717) is 11.8 Å². The molecule has 2 nitrogen and oxygen atoms in total. The van der Waals surface area contributed by atoms with Crippen molar-refractivity contribution in [3.63, 3.8) is 0 Å². The van der Waals surface area contributed by atoms with Gasteiger partial charge in [-0.05, 0) is 46.5 Å². The zero-order valence-corrected chi connectivity index (χ0v) is 15.8. The topological polar surface area (TPSA) is 17.8 Å². The Bertz CT molecular complexity index is 1410. The highest BCUT2D eigenvalue weighted by molar-refractivity contribution is 6.09. The molecule has 0 spiro atoms. The molecule has 3 aliphatic rings. The van der Waals surface area contributed by atoms with E-state index in [4.69, 9.17) is 0 Å². The number of benzene rings is 2. The quantitative estimate of drug-likeness (QED) is 0.383. The van der Waals surface area contributed by atoms with Crippen LogP contribution in [0.3, 0.4) is 0 Å². The van der Waals surface area contributed by atoms with Crippen LogP contribution in [0.4, 0.5) is 0 Å². The van der Waals surface area contributed by atoms with Crippen LogP contribution in [0.15, 0.2) is 97.4 Å². The average Bonchev–Trinajstić information content (AvgIpc) is 3.29. The summed E-state index contributed by atoms with van der Waals surface area (Å²) >= 11 is 0. The molecule has 3 aliphatic carbocycles. The van der Waals surface area contributed by atoms with Gasteiger partial charge in [-0.1, -0.05) is 60.7 Å². The Labute approximate surface area is 168 Å². The lowest BCUT2D eigenvalue weighted by molar-refractivity contribution is 0.707. The van der Waals surface area contributed by atoms with E-state index in [1.54, 1.807) is 0 Å². The molecule has 2 heterocycles. The predicted molar refractivity (Wildman–Crippen MR) is 120 cm³/mol. The minimum Gasteiger partial charge on any atom is -0.309 e. The van der Waals surface area contributed by atoms with Crippen molar-refractivity contribution in [1.82, 2.24) is 9.55 Å². The Morgan fingerprint density at radius 2 is 1.55 bits per heavy atom. The lowest BCUT2D eigenvalue weighted by atomic mass is 9.78. The fraction of sp³-hybridized carbons (Fsp3) is 0.0741. The number of para-hydroxylation sites is 1. The first-order valence-electron chi connectivity index (χ1n) is 10.2. The molecule has 2 heteroatoms. The van der Waals surface area contributed by atoms with Crippen molar-refractivity contribution in [2.75, 3.05) is 0 Å². The largest absolute Gasteiger partial charge is 0.309 e. The molecular weight excluding hydrogens is 352 g/mol. The molecular formula is C27H18N2. The molecule has 7 rings (SSSR count). The van der Waals surface area contributed by atoms with Crippen molar-refractivity contribution in [2.24, 2.45) is 11.8 Å². The number of allylic oxidation sites excluding steroid dienone is 8. The van der Waals surface area contributed by atoms with Crippen molar-refractivity contribution in [1.29, 1.82) is 0 Å². The SMILES string of the molecule is C1=CC2C=CC=C3c4cc(-n5c6ccccc6c6cnccc65)ccc4C(=C1)C32. The molecule has 2 aromatic heterocycles. The molecule has 2 aromatic carbocycles. The second kappa shape index (κ2) is 5.45. The third-order valence-corrected chi connectivity index (χ3v) is 6.63. The van der Waals surface area contributed by atoms with Gasteiger partial charge in [-0.2, -0.15) is 0 Å². The minimum atomic E-state index is 0.470. The third-order valence-electron chi connectivity index (χ3n) is 6.63. The van der Waals surface area contributed by atoms with Crippen molar-refractivity contribution < 1.29 is 0 Å². The van der Waals surface area contributed by atoms with Crippen molar-refractivity contribution in [3.8, 4) is 5.69 Å². The van der Waals surface area contributed by atoms with Crippen LogP contribution in [0.25, 0.3) is 38.6 Å². The monoisotopic (exact) mass is 370 g/mol. The van der Waals surface area contributed by atoms with E-state index in [9.17, 15) is 0 Å². The van der Waals surface area contributed by atoms with Gasteiger partial charge in [0.15, 0.2) is 0 Å². The maximum Gasteiger partial charge on any atom is 0.0571 e. The first-order valence-corrected chi connectivity index (χ1v) is 10.2. The van der Waals surface area contributed by atoms with Gasteiger partial charge >= 0.3 is 0 Å². The summed E-state index contributed by atoms with van der Waals surface area (Å²) in [5.74, 6) is 0.947. The van der Waals surface area contributed by atoms with Crippen LogP contribution < -0.4 is 0 Å². The maximum absolute atomic E-state index is 4.37. The van der Waals surface area contributed by atoms with Gasteiger partial charge < -0.3 is 4.57 Å². The number of fused-ring (bicyclic) bond motifs is 6. The number of aromatic nitrogens is 2. The Balaban J connectivity index is 1.53. The standard InChI is InChI=1S/C27H18N2/c1-2-10-25-20(7-1)24-16-28-14-13-26(24)29(25)18-11-12-19-21-8-3-5-17-6-4-9-22(27(17)21)23(19)15-18/h1-17,27H. The molecule has 0 bridgehead atoms. The van der Waals surface area contributed by atoms with Crippen molar-refractivity contribution in [3.05, 3.63) is 109 Å². The molecule has 0 amide bonds. The van der Waals surface area contributed by atoms with Crippen LogP contribution in [0.2, 0.25) is 0 Å². The van der Waals surface area contributed by atoms with Gasteiger partial charge in [0.25, 0.3) is 0 Å². The Morgan fingerprint density at radius 3 is 2.45 bits per heavy atom. The van der Waals surface area contributed by atoms with Crippen LogP contribution in [0, 0.1) is 11.8 Å². The van der Waals surface area contributed by atoms with Gasteiger partial charge in [-0.15, -0.1) is 0 Å². The highest BCUT2D eigenvalue weighted by Crippen LogP contribution is 2.53. The molecule has 0 N–H and O–H groups in total. The first-order chi connectivity index (χ1) is 14.4. The minimum absolute atomic E-state index is 0.470. The number of hydrogen-bond acceptors (Lipinski definition) is 1. The highest BCUT2D eigenvalue weighted by Gasteiger charge is 2.37. The third kappa shape index (κ3) is 1.93. The molecule has 136 valence electrons. The molecule has 29 heavy (non-hydrogen) atoms. The van der Waals surface area contributed by atoms with Crippen LogP contribution in [0.1, 0.15) is 11.1 Å². The number of rotatable bonds is 1. The predicted octanol–water partition coefficient (Wildman–Crippen LogP) is 6.33. The van der Waals surface area contributed by atoms with Gasteiger partial charge in [0.2, 0.25) is 0 Å². The van der Waals surface area contributed by atoms with E-state index >= 15 is 0 Å². The van der Waals surface area contributed by atoms with E-state index in [2.05, 4.69) is 94.5 Å². The number of pyridine rings is 1. The van der Waals surface area contributed by atoms with E-state index in [1.807, 2.05) is 12.4 Å². The normalized spacial score (nSPS) is 21.2. The lowest BCUT2D eigenvalue weighted by Gasteiger charge is -2.25. The van der Waals surface area contributed by atoms with Gasteiger partial charge in [-0.3, -0.25) is 4.98 Å². The van der Waals surface area contributed by atoms with Gasteiger partial charge in [-0.25, -0.2) is 0 Å². The van der Waals surface area contributed by atoms with Crippen molar-refractivity contribution >= 4 is 33.0 Å². The number of hydrogen-bond donors (Lipinski definition) is 0. The molecule has 0 aliphatic heterocycles. The number of nitrogens with zero attached hydrogens (tertiary/aromatic N) is 2. The maximum atomic E-state index is 4.37. The Morgan fingerprint density at radius 1 is 0.759 bits per heavy atom. The van der Waals surface area contributed by atoms with E-state index in [-0.39, 0.29) is 0 Å². The van der Waals surface area contributed by atoms with Crippen LogP contribution >= 0.6 is 0 Å².